The van der Waals surface area contributed by atoms with E-state index in [9.17, 15) is 9.28 Å². The first-order valence-corrected chi connectivity index (χ1v) is 7.84. The first kappa shape index (κ1) is 17.1. The SMILES string of the molecule is COc1c(Cl)cc(N2CN(SC(Cl)Cl)N(F)C2=O)cc1Cl. The van der Waals surface area contributed by atoms with Gasteiger partial charge in [-0.2, -0.15) is 0 Å². The van der Waals surface area contributed by atoms with Crippen molar-refractivity contribution >= 4 is 70.1 Å². The highest BCUT2D eigenvalue weighted by Gasteiger charge is 2.39. The molecule has 0 spiro atoms. The van der Waals surface area contributed by atoms with Gasteiger partial charge in [-0.15, -0.1) is 4.41 Å². The number of alkyl halides is 2. The third-order valence-corrected chi connectivity index (χ3v) is 4.25. The van der Waals surface area contributed by atoms with Crippen molar-refractivity contribution in [1.29, 1.82) is 0 Å². The highest BCUT2D eigenvalue weighted by atomic mass is 35.5. The molecule has 1 aromatic carbocycles. The average molecular weight is 395 g/mol. The minimum Gasteiger partial charge on any atom is -0.494 e. The van der Waals surface area contributed by atoms with Gasteiger partial charge in [-0.1, -0.05) is 56.1 Å². The second kappa shape index (κ2) is 6.85. The Labute approximate surface area is 144 Å². The third-order valence-electron chi connectivity index (χ3n) is 2.55. The molecule has 0 aromatic heterocycles. The molecule has 5 nitrogen and oxygen atoms in total. The Morgan fingerprint density at radius 3 is 2.38 bits per heavy atom. The molecule has 21 heavy (non-hydrogen) atoms. The van der Waals surface area contributed by atoms with Crippen molar-refractivity contribution < 1.29 is 14.0 Å². The fraction of sp³-hybridized carbons (Fsp3) is 0.300. The summed E-state index contributed by atoms with van der Waals surface area (Å²) in [6.07, 6.45) is 0. The number of urea groups is 1. The minimum atomic E-state index is -0.918. The van der Waals surface area contributed by atoms with Crippen LogP contribution in [0.4, 0.5) is 15.0 Å². The molecule has 1 aliphatic heterocycles. The number of halogens is 5. The van der Waals surface area contributed by atoms with E-state index in [4.69, 9.17) is 51.1 Å². The topological polar surface area (TPSA) is 36.0 Å². The van der Waals surface area contributed by atoms with Crippen molar-refractivity contribution in [3.63, 3.8) is 0 Å². The molecular weight excluding hydrogens is 387 g/mol. The molecular formula is C10H8Cl4FN3O2S. The Kier molecular flexibility index (Phi) is 5.56. The lowest BCUT2D eigenvalue weighted by Gasteiger charge is -2.17. The van der Waals surface area contributed by atoms with Gasteiger partial charge in [0.1, 0.15) is 6.67 Å². The number of hydrazine groups is 1. The van der Waals surface area contributed by atoms with Gasteiger partial charge in [0.15, 0.2) is 9.92 Å². The number of carbonyl (C=O) groups is 1. The lowest BCUT2D eigenvalue weighted by molar-refractivity contribution is -0.0290. The predicted molar refractivity (Wildman–Crippen MR) is 83.6 cm³/mol. The van der Waals surface area contributed by atoms with Crippen LogP contribution in [0.25, 0.3) is 0 Å². The molecule has 0 unspecified atom stereocenters. The van der Waals surface area contributed by atoms with Crippen LogP contribution >= 0.6 is 58.4 Å². The normalized spacial score (nSPS) is 16.2. The molecule has 0 bridgehead atoms. The van der Waals surface area contributed by atoms with Gasteiger partial charge in [0.25, 0.3) is 0 Å². The molecule has 0 atom stereocenters. The largest absolute Gasteiger partial charge is 0.494 e. The van der Waals surface area contributed by atoms with Crippen molar-refractivity contribution in [3.8, 4) is 5.75 Å². The van der Waals surface area contributed by atoms with Gasteiger partial charge in [0.05, 0.1) is 22.8 Å². The van der Waals surface area contributed by atoms with E-state index in [0.717, 1.165) is 21.3 Å². The molecule has 0 aliphatic carbocycles. The molecule has 0 N–H and O–H groups in total. The van der Waals surface area contributed by atoms with Crippen molar-refractivity contribution in [2.45, 2.75) is 4.17 Å². The lowest BCUT2D eigenvalue weighted by Crippen LogP contribution is -2.28. The van der Waals surface area contributed by atoms with Gasteiger partial charge >= 0.3 is 6.03 Å². The van der Waals surface area contributed by atoms with E-state index in [1.54, 1.807) is 0 Å². The first-order valence-electron chi connectivity index (χ1n) is 5.38. The molecule has 0 saturated carbocycles. The van der Waals surface area contributed by atoms with E-state index in [2.05, 4.69) is 0 Å². The monoisotopic (exact) mass is 393 g/mol. The van der Waals surface area contributed by atoms with Gasteiger partial charge in [-0.05, 0) is 24.1 Å². The van der Waals surface area contributed by atoms with E-state index in [1.165, 1.54) is 19.2 Å². The van der Waals surface area contributed by atoms with Crippen LogP contribution in [0.2, 0.25) is 10.0 Å². The van der Waals surface area contributed by atoms with E-state index >= 15 is 0 Å². The number of rotatable bonds is 4. The van der Waals surface area contributed by atoms with Gasteiger partial charge in [-0.3, -0.25) is 4.90 Å². The van der Waals surface area contributed by atoms with Crippen LogP contribution in [0.15, 0.2) is 12.1 Å². The maximum Gasteiger partial charge on any atom is 0.370 e. The van der Waals surface area contributed by atoms with E-state index < -0.39 is 10.2 Å². The summed E-state index contributed by atoms with van der Waals surface area (Å²) in [5.41, 5.74) is 0.322. The molecule has 116 valence electrons. The molecule has 1 saturated heterocycles. The summed E-state index contributed by atoms with van der Waals surface area (Å²) in [7, 11) is 1.41. The van der Waals surface area contributed by atoms with Gasteiger partial charge in [-0.25, -0.2) is 4.79 Å². The predicted octanol–water partition coefficient (Wildman–Crippen LogP) is 4.71. The van der Waals surface area contributed by atoms with Crippen molar-refractivity contribution in [2.24, 2.45) is 0 Å². The van der Waals surface area contributed by atoms with Crippen LogP contribution in [-0.2, 0) is 0 Å². The Hall–Kier alpha value is -0.310. The van der Waals surface area contributed by atoms with E-state index in [0.29, 0.717) is 5.69 Å². The number of hydrogen-bond acceptors (Lipinski definition) is 4. The fourth-order valence-electron chi connectivity index (χ4n) is 1.69. The van der Waals surface area contributed by atoms with Gasteiger partial charge in [0.2, 0.25) is 0 Å². The van der Waals surface area contributed by atoms with Crippen LogP contribution in [-0.4, -0.2) is 33.6 Å². The maximum atomic E-state index is 13.8. The number of amides is 2. The second-order valence-corrected chi connectivity index (χ2v) is 7.30. The Balaban J connectivity index is 2.28. The first-order chi connectivity index (χ1) is 9.85. The van der Waals surface area contributed by atoms with Gasteiger partial charge in [0, 0.05) is 0 Å². The molecule has 1 heterocycles. The molecule has 0 radical (unpaired) electrons. The molecule has 11 heteroatoms. The second-order valence-electron chi connectivity index (χ2n) is 3.77. The molecule has 2 amide bonds. The average Bonchev–Trinajstić information content (AvgIpc) is 2.66. The Bertz CT molecular complexity index is 542. The van der Waals surface area contributed by atoms with Crippen LogP contribution in [0.3, 0.4) is 0 Å². The summed E-state index contributed by atoms with van der Waals surface area (Å²) in [4.78, 5) is 13.0. The number of anilines is 1. The highest BCUT2D eigenvalue weighted by Crippen LogP contribution is 2.39. The number of hydrogen-bond donors (Lipinski definition) is 0. The number of carbonyl (C=O) groups excluding carboxylic acids is 1. The van der Waals surface area contributed by atoms with Crippen LogP contribution in [0, 0.1) is 0 Å². The van der Waals surface area contributed by atoms with E-state index in [1.807, 2.05) is 0 Å². The molecule has 1 aromatic rings. The molecule has 2 rings (SSSR count). The number of methoxy groups -OCH3 is 1. The van der Waals surface area contributed by atoms with E-state index in [-0.39, 0.29) is 27.7 Å². The Morgan fingerprint density at radius 1 is 1.33 bits per heavy atom. The number of nitrogens with zero attached hydrogens (tertiary/aromatic N) is 3. The molecule has 1 fully saturated rings. The maximum absolute atomic E-state index is 13.8. The molecule has 1 aliphatic rings. The smallest absolute Gasteiger partial charge is 0.370 e. The summed E-state index contributed by atoms with van der Waals surface area (Å²) < 4.78 is 18.8. The Morgan fingerprint density at radius 2 is 1.90 bits per heavy atom. The van der Waals surface area contributed by atoms with Crippen molar-refractivity contribution in [1.82, 2.24) is 9.65 Å². The highest BCUT2D eigenvalue weighted by molar-refractivity contribution is 8.00. The lowest BCUT2D eigenvalue weighted by atomic mass is 10.3. The van der Waals surface area contributed by atoms with Crippen LogP contribution in [0.1, 0.15) is 0 Å². The quantitative estimate of drug-likeness (QED) is 0.420. The zero-order valence-electron chi connectivity index (χ0n) is 10.4. The van der Waals surface area contributed by atoms with Crippen LogP contribution < -0.4 is 9.64 Å². The van der Waals surface area contributed by atoms with Crippen molar-refractivity contribution in [2.75, 3.05) is 18.7 Å². The number of ether oxygens (including phenoxy) is 1. The summed E-state index contributed by atoms with van der Waals surface area (Å²) in [5.74, 6) is 0.277. The summed E-state index contributed by atoms with van der Waals surface area (Å²) >= 11 is 23.9. The summed E-state index contributed by atoms with van der Waals surface area (Å²) in [6.45, 7) is -0.102. The summed E-state index contributed by atoms with van der Waals surface area (Å²) in [5, 5.41) is 0.322. The zero-order chi connectivity index (χ0) is 15.7. The zero-order valence-corrected chi connectivity index (χ0v) is 14.2. The standard InChI is InChI=1S/C10H8Cl4FN3O2S/c1-20-8-6(11)2-5(3-7(8)12)16-4-17(21-9(13)14)18(15)10(16)19/h2-3,9H,4H2,1H3. The third kappa shape index (κ3) is 3.55. The van der Waals surface area contributed by atoms with Crippen molar-refractivity contribution in [3.05, 3.63) is 22.2 Å². The summed E-state index contributed by atoms with van der Waals surface area (Å²) in [6, 6.07) is 1.99. The van der Waals surface area contributed by atoms with Crippen LogP contribution in [0.5, 0.6) is 5.75 Å². The fourth-order valence-corrected chi connectivity index (χ4v) is 3.39. The number of benzene rings is 1. The van der Waals surface area contributed by atoms with Gasteiger partial charge < -0.3 is 4.74 Å². The minimum absolute atomic E-state index is 0.0888.